The van der Waals surface area contributed by atoms with E-state index in [1.54, 1.807) is 6.92 Å². The summed E-state index contributed by atoms with van der Waals surface area (Å²) in [7, 11) is 0. The minimum atomic E-state index is -0.780. The molecular weight excluding hydrogens is 212 g/mol. The highest BCUT2D eigenvalue weighted by Crippen LogP contribution is 2.14. The predicted molar refractivity (Wildman–Crippen MR) is 70.5 cm³/mol. The number of amides is 1. The molecule has 0 heterocycles. The second-order valence-electron chi connectivity index (χ2n) is 4.77. The average molecular weight is 234 g/mol. The zero-order valence-electron chi connectivity index (χ0n) is 10.9. The summed E-state index contributed by atoms with van der Waals surface area (Å²) < 4.78 is 0. The van der Waals surface area contributed by atoms with E-state index in [1.807, 2.05) is 44.2 Å². The van der Waals surface area contributed by atoms with Gasteiger partial charge in [-0.25, -0.2) is 0 Å². The van der Waals surface area contributed by atoms with Crippen molar-refractivity contribution >= 4 is 5.91 Å². The van der Waals surface area contributed by atoms with E-state index in [4.69, 9.17) is 5.73 Å². The van der Waals surface area contributed by atoms with Crippen LogP contribution in [0.25, 0.3) is 0 Å². The lowest BCUT2D eigenvalue weighted by molar-refractivity contribution is -0.126. The van der Waals surface area contributed by atoms with Crippen LogP contribution in [0.15, 0.2) is 30.3 Å². The largest absolute Gasteiger partial charge is 0.348 e. The summed E-state index contributed by atoms with van der Waals surface area (Å²) in [5, 5.41) is 2.96. The van der Waals surface area contributed by atoms with E-state index >= 15 is 0 Å². The molecule has 0 aliphatic rings. The fourth-order valence-electron chi connectivity index (χ4n) is 1.82. The van der Waals surface area contributed by atoms with Crippen LogP contribution in [0.2, 0.25) is 0 Å². The monoisotopic (exact) mass is 234 g/mol. The third-order valence-corrected chi connectivity index (χ3v) is 2.94. The van der Waals surface area contributed by atoms with Gasteiger partial charge in [0.15, 0.2) is 0 Å². The van der Waals surface area contributed by atoms with Crippen LogP contribution in [0.4, 0.5) is 0 Å². The van der Waals surface area contributed by atoms with E-state index < -0.39 is 5.54 Å². The molecule has 0 saturated heterocycles. The van der Waals surface area contributed by atoms with Gasteiger partial charge in [0.05, 0.1) is 11.6 Å². The van der Waals surface area contributed by atoms with Gasteiger partial charge in [0.25, 0.3) is 0 Å². The molecule has 0 aromatic heterocycles. The molecular formula is C14H22N2O. The van der Waals surface area contributed by atoms with Gasteiger partial charge in [0.2, 0.25) is 5.91 Å². The number of carbonyl (C=O) groups is 1. The van der Waals surface area contributed by atoms with Gasteiger partial charge < -0.3 is 11.1 Å². The molecule has 1 rings (SSSR count). The van der Waals surface area contributed by atoms with Crippen LogP contribution in [-0.2, 0) is 4.79 Å². The van der Waals surface area contributed by atoms with Crippen LogP contribution < -0.4 is 11.1 Å². The van der Waals surface area contributed by atoms with Crippen molar-refractivity contribution in [1.29, 1.82) is 0 Å². The molecule has 0 bridgehead atoms. The molecule has 0 fully saturated rings. The Labute approximate surface area is 103 Å². The van der Waals surface area contributed by atoms with E-state index in [-0.39, 0.29) is 11.9 Å². The lowest BCUT2D eigenvalue weighted by Crippen LogP contribution is -2.51. The predicted octanol–water partition coefficient (Wildman–Crippen LogP) is 2.38. The summed E-state index contributed by atoms with van der Waals surface area (Å²) in [4.78, 5) is 12.0. The standard InChI is InChI=1S/C14H22N2O/c1-4-10-14(3,15)13(17)16-11(2)12-8-6-5-7-9-12/h5-9,11H,4,10,15H2,1-3H3,(H,16,17)/t11-,14?/m1/s1. The van der Waals surface area contributed by atoms with Crippen LogP contribution in [-0.4, -0.2) is 11.4 Å². The van der Waals surface area contributed by atoms with E-state index in [2.05, 4.69) is 5.32 Å². The number of hydrogen-bond donors (Lipinski definition) is 2. The van der Waals surface area contributed by atoms with Crippen molar-refractivity contribution in [2.24, 2.45) is 5.73 Å². The van der Waals surface area contributed by atoms with Gasteiger partial charge in [0, 0.05) is 0 Å². The second-order valence-corrected chi connectivity index (χ2v) is 4.77. The molecule has 2 atom stereocenters. The van der Waals surface area contributed by atoms with Gasteiger partial charge in [-0.1, -0.05) is 43.7 Å². The minimum Gasteiger partial charge on any atom is -0.348 e. The van der Waals surface area contributed by atoms with Crippen molar-refractivity contribution in [1.82, 2.24) is 5.32 Å². The Morgan fingerprint density at radius 1 is 1.41 bits per heavy atom. The molecule has 1 amide bonds. The first-order valence-corrected chi connectivity index (χ1v) is 6.12. The molecule has 0 aliphatic heterocycles. The zero-order valence-corrected chi connectivity index (χ0v) is 10.9. The lowest BCUT2D eigenvalue weighted by Gasteiger charge is -2.25. The molecule has 3 N–H and O–H groups in total. The molecule has 3 nitrogen and oxygen atoms in total. The maximum Gasteiger partial charge on any atom is 0.240 e. The second kappa shape index (κ2) is 5.82. The molecule has 17 heavy (non-hydrogen) atoms. The number of nitrogens with two attached hydrogens (primary N) is 1. The van der Waals surface area contributed by atoms with Gasteiger partial charge >= 0.3 is 0 Å². The van der Waals surface area contributed by atoms with Gasteiger partial charge in [-0.05, 0) is 25.8 Å². The van der Waals surface area contributed by atoms with Crippen molar-refractivity contribution in [3.05, 3.63) is 35.9 Å². The minimum absolute atomic E-state index is 0.0107. The van der Waals surface area contributed by atoms with Crippen LogP contribution in [0, 0.1) is 0 Å². The van der Waals surface area contributed by atoms with Crippen LogP contribution in [0.1, 0.15) is 45.2 Å². The SMILES string of the molecule is CCCC(C)(N)C(=O)N[C@H](C)c1ccccc1. The molecule has 94 valence electrons. The fourth-order valence-corrected chi connectivity index (χ4v) is 1.82. The van der Waals surface area contributed by atoms with Crippen LogP contribution in [0.3, 0.4) is 0 Å². The highest BCUT2D eigenvalue weighted by molar-refractivity contribution is 5.85. The number of rotatable bonds is 5. The van der Waals surface area contributed by atoms with E-state index in [1.165, 1.54) is 0 Å². The van der Waals surface area contributed by atoms with Gasteiger partial charge in [0.1, 0.15) is 0 Å². The third-order valence-electron chi connectivity index (χ3n) is 2.94. The van der Waals surface area contributed by atoms with Crippen LogP contribution in [0.5, 0.6) is 0 Å². The van der Waals surface area contributed by atoms with Crippen molar-refractivity contribution in [3.63, 3.8) is 0 Å². The lowest BCUT2D eigenvalue weighted by atomic mass is 9.95. The summed E-state index contributed by atoms with van der Waals surface area (Å²) in [6.07, 6.45) is 1.60. The zero-order chi connectivity index (χ0) is 12.9. The maximum atomic E-state index is 12.0. The smallest absolute Gasteiger partial charge is 0.240 e. The van der Waals surface area contributed by atoms with E-state index in [9.17, 15) is 4.79 Å². The average Bonchev–Trinajstić information content (AvgIpc) is 2.30. The Kier molecular flexibility index (Phi) is 4.70. The van der Waals surface area contributed by atoms with Crippen molar-refractivity contribution in [2.75, 3.05) is 0 Å². The molecule has 1 aromatic rings. The number of hydrogen-bond acceptors (Lipinski definition) is 2. The Hall–Kier alpha value is -1.35. The molecule has 0 spiro atoms. The number of benzene rings is 1. The summed E-state index contributed by atoms with van der Waals surface area (Å²) in [6.45, 7) is 5.78. The van der Waals surface area contributed by atoms with E-state index in [0.717, 1.165) is 12.0 Å². The first kappa shape index (κ1) is 13.7. The van der Waals surface area contributed by atoms with Crippen molar-refractivity contribution < 1.29 is 4.79 Å². The summed E-state index contributed by atoms with van der Waals surface area (Å²) in [5.41, 5.74) is 6.30. The molecule has 1 unspecified atom stereocenters. The normalized spacial score (nSPS) is 16.0. The topological polar surface area (TPSA) is 55.1 Å². The number of carbonyl (C=O) groups excluding carboxylic acids is 1. The molecule has 1 aromatic carbocycles. The Morgan fingerprint density at radius 2 is 2.00 bits per heavy atom. The van der Waals surface area contributed by atoms with Crippen LogP contribution >= 0.6 is 0 Å². The summed E-state index contributed by atoms with van der Waals surface area (Å²) >= 11 is 0. The fraction of sp³-hybridized carbons (Fsp3) is 0.500. The van der Waals surface area contributed by atoms with Crippen molar-refractivity contribution in [2.45, 2.75) is 45.2 Å². The maximum absolute atomic E-state index is 12.0. The summed E-state index contributed by atoms with van der Waals surface area (Å²) in [5.74, 6) is -0.0873. The quantitative estimate of drug-likeness (QED) is 0.822. The first-order valence-electron chi connectivity index (χ1n) is 6.12. The van der Waals surface area contributed by atoms with Gasteiger partial charge in [-0.3, -0.25) is 4.79 Å². The molecule has 0 saturated carbocycles. The van der Waals surface area contributed by atoms with Crippen molar-refractivity contribution in [3.8, 4) is 0 Å². The molecule has 0 aliphatic carbocycles. The Morgan fingerprint density at radius 3 is 2.53 bits per heavy atom. The van der Waals surface area contributed by atoms with Gasteiger partial charge in [-0.2, -0.15) is 0 Å². The first-order chi connectivity index (χ1) is 7.97. The highest BCUT2D eigenvalue weighted by atomic mass is 16.2. The highest BCUT2D eigenvalue weighted by Gasteiger charge is 2.28. The molecule has 3 heteroatoms. The number of nitrogens with one attached hydrogen (secondary N) is 1. The van der Waals surface area contributed by atoms with Gasteiger partial charge in [-0.15, -0.1) is 0 Å². The summed E-state index contributed by atoms with van der Waals surface area (Å²) in [6, 6.07) is 9.87. The third kappa shape index (κ3) is 3.86. The van der Waals surface area contributed by atoms with E-state index in [0.29, 0.717) is 6.42 Å². The Bertz CT molecular complexity index is 360. The molecule has 0 radical (unpaired) electrons. The Balaban J connectivity index is 2.63.